The fourth-order valence-electron chi connectivity index (χ4n) is 3.16. The van der Waals surface area contributed by atoms with Gasteiger partial charge in [-0.25, -0.2) is 4.79 Å². The van der Waals surface area contributed by atoms with E-state index in [2.05, 4.69) is 10.6 Å². The van der Waals surface area contributed by atoms with Crippen LogP contribution >= 0.6 is 11.6 Å². The van der Waals surface area contributed by atoms with Crippen LogP contribution in [0.1, 0.15) is 38.0 Å². The average Bonchev–Trinajstić information content (AvgIpc) is 2.85. The maximum atomic E-state index is 12.4. The van der Waals surface area contributed by atoms with E-state index in [1.54, 1.807) is 24.3 Å². The molecule has 1 aliphatic heterocycles. The maximum Gasteiger partial charge on any atom is 0.323 e. The van der Waals surface area contributed by atoms with Gasteiger partial charge in [0.2, 0.25) is 0 Å². The van der Waals surface area contributed by atoms with Crippen LogP contribution in [0.15, 0.2) is 36.4 Å². The molecule has 2 amide bonds. The first-order valence-electron chi connectivity index (χ1n) is 8.59. The molecular formula is C20H23ClN2O3. The summed E-state index contributed by atoms with van der Waals surface area (Å²) in [7, 11) is 0. The molecular weight excluding hydrogens is 352 g/mol. The van der Waals surface area contributed by atoms with Gasteiger partial charge < -0.3 is 20.1 Å². The van der Waals surface area contributed by atoms with Crippen LogP contribution in [0.3, 0.4) is 0 Å². The predicted octanol–water partition coefficient (Wildman–Crippen LogP) is 5.54. The molecule has 2 aromatic carbocycles. The highest BCUT2D eigenvalue weighted by Gasteiger charge is 2.44. The van der Waals surface area contributed by atoms with Gasteiger partial charge in [-0.1, -0.05) is 17.7 Å². The number of amides is 2. The Hall–Kier alpha value is -2.24. The van der Waals surface area contributed by atoms with Crippen molar-refractivity contribution in [2.24, 2.45) is 0 Å². The second-order valence-electron chi connectivity index (χ2n) is 6.80. The lowest BCUT2D eigenvalue weighted by molar-refractivity contribution is -0.0471. The molecule has 138 valence electrons. The molecule has 0 spiro atoms. The van der Waals surface area contributed by atoms with Gasteiger partial charge in [0, 0.05) is 22.9 Å². The molecule has 0 radical (unpaired) electrons. The molecule has 1 aliphatic rings. The number of urea groups is 1. The number of hydrogen-bond acceptors (Lipinski definition) is 3. The minimum absolute atomic E-state index is 0.177. The highest BCUT2D eigenvalue weighted by molar-refractivity contribution is 6.30. The zero-order valence-corrected chi connectivity index (χ0v) is 16.1. The topological polar surface area (TPSA) is 59.6 Å². The summed E-state index contributed by atoms with van der Waals surface area (Å²) in [6.07, 6.45) is -0.177. The Kier molecular flexibility index (Phi) is 5.12. The van der Waals surface area contributed by atoms with Crippen LogP contribution in [0.25, 0.3) is 0 Å². The number of carbonyl (C=O) groups excluding carboxylic acids is 1. The van der Waals surface area contributed by atoms with Crippen LogP contribution in [0, 0.1) is 6.92 Å². The molecule has 3 rings (SSSR count). The standard InChI is InChI=1S/C20H23ClN2O3/c1-5-25-18-16-12(2)6-11-15(17(16)26-20(18,3)4)23-19(24)22-14-9-7-13(21)8-10-14/h6-11,18H,5H2,1-4H3,(H2,22,23,24). The summed E-state index contributed by atoms with van der Waals surface area (Å²) in [6, 6.07) is 10.4. The van der Waals surface area contributed by atoms with Gasteiger partial charge in [0.25, 0.3) is 0 Å². The van der Waals surface area contributed by atoms with Gasteiger partial charge in [-0.2, -0.15) is 0 Å². The number of halogens is 1. The number of aryl methyl sites for hydroxylation is 1. The first-order valence-corrected chi connectivity index (χ1v) is 8.97. The molecule has 1 atom stereocenters. The van der Waals surface area contributed by atoms with E-state index in [1.807, 2.05) is 39.8 Å². The van der Waals surface area contributed by atoms with E-state index in [0.29, 0.717) is 28.8 Å². The van der Waals surface area contributed by atoms with E-state index in [-0.39, 0.29) is 12.1 Å². The second-order valence-corrected chi connectivity index (χ2v) is 7.24. The summed E-state index contributed by atoms with van der Waals surface area (Å²) < 4.78 is 12.1. The molecule has 5 nitrogen and oxygen atoms in total. The summed E-state index contributed by atoms with van der Waals surface area (Å²) >= 11 is 5.87. The number of hydrogen-bond donors (Lipinski definition) is 2. The molecule has 1 unspecified atom stereocenters. The van der Waals surface area contributed by atoms with Crippen LogP contribution in [0.2, 0.25) is 5.02 Å². The molecule has 0 bridgehead atoms. The summed E-state index contributed by atoms with van der Waals surface area (Å²) in [4.78, 5) is 12.4. The number of fused-ring (bicyclic) bond motifs is 1. The van der Waals surface area contributed by atoms with E-state index in [4.69, 9.17) is 21.1 Å². The number of ether oxygens (including phenoxy) is 2. The Bertz CT molecular complexity index is 819. The Morgan fingerprint density at radius 2 is 1.88 bits per heavy atom. The third kappa shape index (κ3) is 3.64. The largest absolute Gasteiger partial charge is 0.482 e. The van der Waals surface area contributed by atoms with Crippen LogP contribution in [0.4, 0.5) is 16.2 Å². The minimum Gasteiger partial charge on any atom is -0.482 e. The smallest absolute Gasteiger partial charge is 0.323 e. The molecule has 6 heteroatoms. The summed E-state index contributed by atoms with van der Waals surface area (Å²) in [6.45, 7) is 8.55. The fourth-order valence-corrected chi connectivity index (χ4v) is 3.29. The van der Waals surface area contributed by atoms with Crippen LogP contribution in [-0.2, 0) is 4.74 Å². The van der Waals surface area contributed by atoms with Crippen LogP contribution in [-0.4, -0.2) is 18.2 Å². The Balaban J connectivity index is 1.84. The number of nitrogens with one attached hydrogen (secondary N) is 2. The van der Waals surface area contributed by atoms with Gasteiger partial charge in [0.1, 0.15) is 17.5 Å². The van der Waals surface area contributed by atoms with Crippen molar-refractivity contribution >= 4 is 29.0 Å². The lowest BCUT2D eigenvalue weighted by atomic mass is 9.94. The van der Waals surface area contributed by atoms with Crippen molar-refractivity contribution in [2.75, 3.05) is 17.2 Å². The fraction of sp³-hybridized carbons (Fsp3) is 0.350. The summed E-state index contributed by atoms with van der Waals surface area (Å²) in [5, 5.41) is 6.27. The van der Waals surface area contributed by atoms with Gasteiger partial charge in [-0.05, 0) is 63.6 Å². The van der Waals surface area contributed by atoms with Crippen molar-refractivity contribution in [3.8, 4) is 5.75 Å². The van der Waals surface area contributed by atoms with Crippen LogP contribution < -0.4 is 15.4 Å². The molecule has 2 N–H and O–H groups in total. The van der Waals surface area contributed by atoms with Crippen molar-refractivity contribution in [2.45, 2.75) is 39.4 Å². The van der Waals surface area contributed by atoms with Gasteiger partial charge in [-0.3, -0.25) is 0 Å². The van der Waals surface area contributed by atoms with E-state index < -0.39 is 5.60 Å². The number of carbonyl (C=O) groups is 1. The van der Waals surface area contributed by atoms with E-state index in [9.17, 15) is 4.79 Å². The highest BCUT2D eigenvalue weighted by atomic mass is 35.5. The molecule has 0 saturated heterocycles. The van der Waals surface area contributed by atoms with Crippen molar-refractivity contribution in [3.05, 3.63) is 52.5 Å². The molecule has 0 saturated carbocycles. The molecule has 0 aliphatic carbocycles. The normalized spacial score (nSPS) is 17.3. The molecule has 2 aromatic rings. The Labute approximate surface area is 158 Å². The maximum absolute atomic E-state index is 12.4. The SMILES string of the molecule is CCOC1c2c(C)ccc(NC(=O)Nc3ccc(Cl)cc3)c2OC1(C)C. The van der Waals surface area contributed by atoms with Crippen molar-refractivity contribution in [3.63, 3.8) is 0 Å². The number of benzene rings is 2. The van der Waals surface area contributed by atoms with E-state index >= 15 is 0 Å². The average molecular weight is 375 g/mol. The molecule has 0 fully saturated rings. The van der Waals surface area contributed by atoms with Crippen LogP contribution in [0.5, 0.6) is 5.75 Å². The lowest BCUT2D eigenvalue weighted by Gasteiger charge is -2.26. The number of anilines is 2. The number of rotatable bonds is 4. The monoisotopic (exact) mass is 374 g/mol. The summed E-state index contributed by atoms with van der Waals surface area (Å²) in [5.74, 6) is 0.666. The lowest BCUT2D eigenvalue weighted by Crippen LogP contribution is -2.32. The molecule has 26 heavy (non-hydrogen) atoms. The van der Waals surface area contributed by atoms with Crippen molar-refractivity contribution in [1.82, 2.24) is 0 Å². The summed E-state index contributed by atoms with van der Waals surface area (Å²) in [5.41, 5.74) is 2.83. The zero-order chi connectivity index (χ0) is 18.9. The third-order valence-corrected chi connectivity index (χ3v) is 4.61. The molecule has 0 aromatic heterocycles. The van der Waals surface area contributed by atoms with Crippen molar-refractivity contribution in [1.29, 1.82) is 0 Å². The zero-order valence-electron chi connectivity index (χ0n) is 15.4. The van der Waals surface area contributed by atoms with Gasteiger partial charge in [0.15, 0.2) is 0 Å². The van der Waals surface area contributed by atoms with E-state index in [0.717, 1.165) is 11.1 Å². The Morgan fingerprint density at radius 1 is 1.19 bits per heavy atom. The third-order valence-electron chi connectivity index (χ3n) is 4.36. The highest BCUT2D eigenvalue weighted by Crippen LogP contribution is 2.50. The second kappa shape index (κ2) is 7.17. The van der Waals surface area contributed by atoms with Gasteiger partial charge >= 0.3 is 6.03 Å². The van der Waals surface area contributed by atoms with Crippen molar-refractivity contribution < 1.29 is 14.3 Å². The van der Waals surface area contributed by atoms with E-state index in [1.165, 1.54) is 0 Å². The minimum atomic E-state index is -0.506. The molecule has 1 heterocycles. The predicted molar refractivity (Wildman–Crippen MR) is 104 cm³/mol. The quantitative estimate of drug-likeness (QED) is 0.738. The Morgan fingerprint density at radius 3 is 2.54 bits per heavy atom. The first kappa shape index (κ1) is 18.5. The van der Waals surface area contributed by atoms with Gasteiger partial charge in [-0.15, -0.1) is 0 Å². The van der Waals surface area contributed by atoms with Gasteiger partial charge in [0.05, 0.1) is 5.69 Å². The first-order chi connectivity index (χ1) is 12.3.